The number of fused-ring (bicyclic) bond motifs is 7. The molecule has 10 rings (SSSR count). The van der Waals surface area contributed by atoms with Crippen LogP contribution >= 0.6 is 0 Å². The number of nitrogen functional groups attached to an aromatic ring is 1. The van der Waals surface area contributed by atoms with Crippen LogP contribution in [0.1, 0.15) is 86.2 Å². The number of Topliss-reactive ketones (excluding diaryl/α,β-unsaturated/α-hetero) is 2. The van der Waals surface area contributed by atoms with Crippen molar-refractivity contribution < 1.29 is 92.7 Å². The summed E-state index contributed by atoms with van der Waals surface area (Å²) < 4.78 is 64.7. The number of nitrogens with one attached hydrogen (secondary N) is 1. The zero-order chi connectivity index (χ0) is 50.5. The van der Waals surface area contributed by atoms with Crippen LogP contribution in [-0.2, 0) is 49.2 Å². The number of imidazole rings is 1. The number of phenols is 1. The summed E-state index contributed by atoms with van der Waals surface area (Å²) in [5.74, 6) is -8.12. The Hall–Kier alpha value is -4.97. The molecule has 2 aromatic heterocycles. The van der Waals surface area contributed by atoms with Crippen LogP contribution in [-0.4, -0.2) is 172 Å². The second-order valence-electron chi connectivity index (χ2n) is 19.2. The monoisotopic (exact) mass is 985 g/mol. The molecule has 70 heavy (non-hydrogen) atoms. The van der Waals surface area contributed by atoms with E-state index in [0.29, 0.717) is 5.56 Å². The van der Waals surface area contributed by atoms with Gasteiger partial charge in [0.1, 0.15) is 35.6 Å². The minimum Gasteiger partial charge on any atom is -0.506 e. The number of nitrogens with zero attached hydrogens (tertiary/aromatic N) is 3. The molecule has 5 aliphatic heterocycles. The van der Waals surface area contributed by atoms with Gasteiger partial charge in [0.05, 0.1) is 60.9 Å². The van der Waals surface area contributed by atoms with Gasteiger partial charge in [-0.3, -0.25) is 19.4 Å². The van der Waals surface area contributed by atoms with E-state index in [4.69, 9.17) is 53.1 Å². The summed E-state index contributed by atoms with van der Waals surface area (Å²) in [5, 5.41) is 82.2. The SMILES string of the molecule is COc1c2c(c(O)c3c4c(c(C)cc13)C1O[C@@]3(C(OC)OC)OC1[C@@](OC1CC(O)C(O)(C(C)=O)C(C)O1)(O4)[C@@]3(O)Cn1cnc3nc(N)[nH]c(=O)c31)C(=O)C(O)CC2OC1CC(C)(O)C(O)C(C)O1. The molecule has 4 fully saturated rings. The average molecular weight is 986 g/mol. The maximum absolute atomic E-state index is 14.2. The normalized spacial score (nSPS) is 38.8. The summed E-state index contributed by atoms with van der Waals surface area (Å²) in [6.07, 6.45) is -15.6. The molecule has 1 aliphatic carbocycles. The lowest BCUT2D eigenvalue weighted by molar-refractivity contribution is -0.427. The zero-order valence-corrected chi connectivity index (χ0v) is 39.2. The Bertz CT molecular complexity index is 2870. The zero-order valence-electron chi connectivity index (χ0n) is 39.2. The lowest BCUT2D eigenvalue weighted by Crippen LogP contribution is -2.78. The van der Waals surface area contributed by atoms with Crippen molar-refractivity contribution in [1.29, 1.82) is 0 Å². The van der Waals surface area contributed by atoms with Gasteiger partial charge in [-0.1, -0.05) is 0 Å². The Labute approximate surface area is 396 Å². The number of aryl methyl sites for hydroxylation is 1. The van der Waals surface area contributed by atoms with Crippen molar-refractivity contribution >= 4 is 39.5 Å². The summed E-state index contributed by atoms with van der Waals surface area (Å²) in [4.78, 5) is 51.3. The molecule has 0 amide bonds. The topological polar surface area (TPSA) is 358 Å². The Morgan fingerprint density at radius 3 is 2.40 bits per heavy atom. The number of phenolic OH excluding ortho intramolecular Hbond substituents is 1. The average Bonchev–Trinajstić information content (AvgIpc) is 3.94. The number of aromatic nitrogens is 4. The number of hydrogen-bond acceptors (Lipinski definition) is 23. The Morgan fingerprint density at radius 2 is 1.76 bits per heavy atom. The van der Waals surface area contributed by atoms with E-state index in [1.165, 1.54) is 46.1 Å². The number of rotatable bonds is 11. The van der Waals surface area contributed by atoms with Crippen LogP contribution in [0.15, 0.2) is 17.2 Å². The first-order valence-electron chi connectivity index (χ1n) is 22.5. The van der Waals surface area contributed by atoms with Crippen LogP contribution in [0.2, 0.25) is 0 Å². The first-order valence-corrected chi connectivity index (χ1v) is 22.5. The number of ketones is 2. The number of hydrogen-bond donors (Lipinski definition) is 9. The van der Waals surface area contributed by atoms with Crippen molar-refractivity contribution in [3.8, 4) is 17.2 Å². The molecule has 0 saturated carbocycles. The van der Waals surface area contributed by atoms with E-state index in [1.807, 2.05) is 0 Å². The molecule has 15 atom stereocenters. The molecular formula is C45H55N5O20. The number of carbonyl (C=O) groups excluding carboxylic acids is 2. The van der Waals surface area contributed by atoms with Gasteiger partial charge < -0.3 is 93.4 Å². The smallest absolute Gasteiger partial charge is 0.278 e. The molecule has 7 heterocycles. The number of H-pyrrole nitrogens is 1. The number of aromatic amines is 1. The number of benzene rings is 2. The molecule has 0 spiro atoms. The largest absolute Gasteiger partial charge is 0.506 e. The van der Waals surface area contributed by atoms with Crippen LogP contribution in [0.5, 0.6) is 17.2 Å². The molecule has 4 saturated heterocycles. The van der Waals surface area contributed by atoms with Crippen LogP contribution in [0, 0.1) is 6.92 Å². The van der Waals surface area contributed by atoms with Crippen LogP contribution < -0.4 is 20.8 Å². The fraction of sp³-hybridized carbons (Fsp3) is 0.622. The molecule has 380 valence electrons. The quantitative estimate of drug-likeness (QED) is 0.0836. The van der Waals surface area contributed by atoms with E-state index in [0.717, 1.165) is 6.92 Å². The van der Waals surface area contributed by atoms with Crippen molar-refractivity contribution in [2.75, 3.05) is 27.1 Å². The third kappa shape index (κ3) is 6.44. The van der Waals surface area contributed by atoms with E-state index in [9.17, 15) is 50.1 Å². The van der Waals surface area contributed by atoms with E-state index in [2.05, 4.69) is 15.0 Å². The highest BCUT2D eigenvalue weighted by atomic mass is 16.9. The third-order valence-electron chi connectivity index (χ3n) is 15.0. The van der Waals surface area contributed by atoms with E-state index in [1.54, 1.807) is 19.9 Å². The highest BCUT2D eigenvalue weighted by Gasteiger charge is 2.88. The fourth-order valence-corrected chi connectivity index (χ4v) is 11.6. The van der Waals surface area contributed by atoms with Gasteiger partial charge >= 0.3 is 0 Å². The lowest BCUT2D eigenvalue weighted by atomic mass is 9.74. The number of methoxy groups -OCH3 is 3. The van der Waals surface area contributed by atoms with Gasteiger partial charge in [0.15, 0.2) is 47.0 Å². The molecule has 0 radical (unpaired) electrons. The van der Waals surface area contributed by atoms with Gasteiger partial charge in [0, 0.05) is 50.0 Å². The molecule has 2 bridgehead atoms. The number of anilines is 1. The first-order chi connectivity index (χ1) is 32.9. The van der Waals surface area contributed by atoms with E-state index in [-0.39, 0.29) is 63.4 Å². The van der Waals surface area contributed by atoms with Gasteiger partial charge in [0.25, 0.3) is 17.1 Å². The van der Waals surface area contributed by atoms with Crippen molar-refractivity contribution in [2.24, 2.45) is 0 Å². The van der Waals surface area contributed by atoms with Gasteiger partial charge in [0.2, 0.25) is 17.8 Å². The number of carbonyl (C=O) groups is 2. The van der Waals surface area contributed by atoms with E-state index < -0.39 is 137 Å². The van der Waals surface area contributed by atoms with Crippen molar-refractivity contribution in [2.45, 2.75) is 157 Å². The summed E-state index contributed by atoms with van der Waals surface area (Å²) in [6.45, 7) is 6.30. The van der Waals surface area contributed by atoms with E-state index >= 15 is 0 Å². The Kier molecular flexibility index (Phi) is 11.3. The number of aliphatic hydroxyl groups excluding tert-OH is 3. The summed E-state index contributed by atoms with van der Waals surface area (Å²) in [5.41, 5.74) is -1.85. The van der Waals surface area contributed by atoms with Gasteiger partial charge in [-0.15, -0.1) is 0 Å². The minimum atomic E-state index is -2.82. The molecule has 10 N–H and O–H groups in total. The number of aliphatic hydroxyl groups is 6. The van der Waals surface area contributed by atoms with Crippen molar-refractivity contribution in [3.63, 3.8) is 0 Å². The maximum atomic E-state index is 14.2. The molecule has 25 heteroatoms. The predicted octanol–water partition coefficient (Wildman–Crippen LogP) is -0.733. The molecule has 25 nitrogen and oxygen atoms in total. The first kappa shape index (κ1) is 48.6. The maximum Gasteiger partial charge on any atom is 0.278 e. The number of nitrogens with two attached hydrogens (primary N) is 1. The van der Waals surface area contributed by atoms with Crippen LogP contribution in [0.4, 0.5) is 5.95 Å². The summed E-state index contributed by atoms with van der Waals surface area (Å²) in [6, 6.07) is 1.63. The Balaban J connectivity index is 1.20. The highest BCUT2D eigenvalue weighted by molar-refractivity contribution is 6.13. The summed E-state index contributed by atoms with van der Waals surface area (Å²) in [7, 11) is 3.80. The van der Waals surface area contributed by atoms with Crippen molar-refractivity contribution in [3.05, 3.63) is 45.0 Å². The van der Waals surface area contributed by atoms with Gasteiger partial charge in [-0.05, 0) is 46.2 Å². The molecular weight excluding hydrogens is 931 g/mol. The van der Waals surface area contributed by atoms with Gasteiger partial charge in [-0.25, -0.2) is 4.98 Å². The second-order valence-corrected chi connectivity index (χ2v) is 19.2. The second kappa shape index (κ2) is 16.3. The number of aromatic hydroxyl groups is 1. The van der Waals surface area contributed by atoms with Crippen LogP contribution in [0.3, 0.4) is 0 Å². The van der Waals surface area contributed by atoms with Crippen molar-refractivity contribution in [1.82, 2.24) is 19.5 Å². The highest BCUT2D eigenvalue weighted by Crippen LogP contribution is 2.69. The standard InChI is InChI=1S/C45H55N5O20/c1-15-9-19-26(31(55)28-27(32(19)61-6)21(10-20(52)30(28)54)66-24-12-41(5,58)35(56)16(2)64-24)33-25(15)34-36-44(68-33,67-23-11-22(53)43(60,17(3)51)18(4)65-23)42(59,45(69-34,70-36)39(62-7)63-8)13-50-14-47-37-29(50)38(57)49-40(46)48-37/h9,14,16,18,20-24,34-36,39,52-53,55-56,58-60H,10-13H2,1-8H3,(H3,46,48,49,57)/t16?,18?,20?,21?,22?,23?,24?,34?,35?,36?,41?,42-,43?,44+,45-/m0/s1. The van der Waals surface area contributed by atoms with Gasteiger partial charge in [-0.2, -0.15) is 4.98 Å². The summed E-state index contributed by atoms with van der Waals surface area (Å²) >= 11 is 0. The lowest BCUT2D eigenvalue weighted by Gasteiger charge is -2.56. The Morgan fingerprint density at radius 1 is 1.04 bits per heavy atom. The fourth-order valence-electron chi connectivity index (χ4n) is 11.6. The molecule has 12 unspecified atom stereocenters. The molecule has 6 aliphatic rings. The predicted molar refractivity (Wildman–Crippen MR) is 233 cm³/mol. The molecule has 2 aromatic carbocycles. The number of ether oxygens (including phenoxy) is 10. The minimum absolute atomic E-state index is 0.0112. The van der Waals surface area contributed by atoms with Crippen LogP contribution in [0.25, 0.3) is 21.9 Å². The molecule has 4 aromatic rings. The third-order valence-corrected chi connectivity index (χ3v) is 15.0.